The van der Waals surface area contributed by atoms with Crippen LogP contribution in [-0.4, -0.2) is 34.3 Å². The first-order valence-corrected chi connectivity index (χ1v) is 6.98. The summed E-state index contributed by atoms with van der Waals surface area (Å²) in [6, 6.07) is 0. The molecule has 0 aliphatic carbocycles. The first-order valence-electron chi connectivity index (χ1n) is 6.98. The Morgan fingerprint density at radius 1 is 1.00 bits per heavy atom. The van der Waals surface area contributed by atoms with Crippen LogP contribution in [-0.2, 0) is 11.3 Å². The van der Waals surface area contributed by atoms with Crippen molar-refractivity contribution in [3.8, 4) is 5.88 Å². The number of ether oxygens (including phenoxy) is 2. The second-order valence-electron chi connectivity index (χ2n) is 6.76. The van der Waals surface area contributed by atoms with Crippen LogP contribution in [0.3, 0.4) is 0 Å². The number of nitrogens with one attached hydrogen (secondary N) is 1. The van der Waals surface area contributed by atoms with Crippen molar-refractivity contribution < 1.29 is 9.47 Å². The van der Waals surface area contributed by atoms with E-state index in [1.165, 1.54) is 0 Å². The second-order valence-corrected chi connectivity index (χ2v) is 6.76. The molecule has 1 rings (SSSR count). The van der Waals surface area contributed by atoms with Gasteiger partial charge in [-0.25, -0.2) is 4.98 Å². The number of aromatic nitrogens is 2. The second kappa shape index (κ2) is 6.99. The summed E-state index contributed by atoms with van der Waals surface area (Å²) in [7, 11) is 0. The number of rotatable bonds is 6. The van der Waals surface area contributed by atoms with E-state index in [1.807, 2.05) is 20.8 Å². The van der Waals surface area contributed by atoms with E-state index in [0.717, 1.165) is 5.69 Å². The molecule has 0 amide bonds. The van der Waals surface area contributed by atoms with Crippen LogP contribution in [0, 0.1) is 0 Å². The minimum Gasteiger partial charge on any atom is -0.474 e. The van der Waals surface area contributed by atoms with Crippen LogP contribution in [0.1, 0.15) is 47.2 Å². The van der Waals surface area contributed by atoms with Crippen molar-refractivity contribution in [3.05, 3.63) is 18.1 Å². The van der Waals surface area contributed by atoms with Crippen molar-refractivity contribution in [2.24, 2.45) is 0 Å². The fraction of sp³-hybridized carbons (Fsp3) is 0.733. The van der Waals surface area contributed by atoms with Gasteiger partial charge in [0.05, 0.1) is 30.3 Å². The molecule has 0 saturated heterocycles. The van der Waals surface area contributed by atoms with E-state index in [1.54, 1.807) is 12.4 Å². The monoisotopic (exact) mass is 281 g/mol. The zero-order valence-electron chi connectivity index (χ0n) is 13.5. The summed E-state index contributed by atoms with van der Waals surface area (Å²) < 4.78 is 11.1. The fourth-order valence-corrected chi connectivity index (χ4v) is 1.36. The number of nitrogens with zero attached hydrogens (tertiary/aromatic N) is 2. The SMILES string of the molecule is CC(C)(C)NCc1cnc(OCCOC(C)(C)C)cn1. The molecule has 114 valence electrons. The summed E-state index contributed by atoms with van der Waals surface area (Å²) in [5.41, 5.74) is 0.830. The van der Waals surface area contributed by atoms with Crippen molar-refractivity contribution in [2.45, 2.75) is 59.2 Å². The van der Waals surface area contributed by atoms with Gasteiger partial charge in [0.15, 0.2) is 0 Å². The maximum Gasteiger partial charge on any atom is 0.232 e. The van der Waals surface area contributed by atoms with E-state index >= 15 is 0 Å². The van der Waals surface area contributed by atoms with Crippen LogP contribution >= 0.6 is 0 Å². The van der Waals surface area contributed by atoms with Gasteiger partial charge in [-0.2, -0.15) is 0 Å². The van der Waals surface area contributed by atoms with Gasteiger partial charge < -0.3 is 14.8 Å². The van der Waals surface area contributed by atoms with Crippen LogP contribution in [0.5, 0.6) is 5.88 Å². The van der Waals surface area contributed by atoms with Crippen LogP contribution in [0.25, 0.3) is 0 Å². The largest absolute Gasteiger partial charge is 0.474 e. The quantitative estimate of drug-likeness (QED) is 0.812. The molecule has 1 aromatic rings. The summed E-state index contributed by atoms with van der Waals surface area (Å²) in [5.74, 6) is 0.530. The third kappa shape index (κ3) is 8.07. The average molecular weight is 281 g/mol. The molecule has 1 aromatic heterocycles. The van der Waals surface area contributed by atoms with Crippen molar-refractivity contribution in [1.29, 1.82) is 0 Å². The highest BCUT2D eigenvalue weighted by Crippen LogP contribution is 2.08. The molecule has 0 atom stereocenters. The smallest absolute Gasteiger partial charge is 0.232 e. The Morgan fingerprint density at radius 2 is 1.70 bits per heavy atom. The van der Waals surface area contributed by atoms with Crippen molar-refractivity contribution >= 4 is 0 Å². The third-order valence-electron chi connectivity index (χ3n) is 2.35. The van der Waals surface area contributed by atoms with Crippen molar-refractivity contribution in [3.63, 3.8) is 0 Å². The van der Waals surface area contributed by atoms with Gasteiger partial charge in [0, 0.05) is 12.1 Å². The molecule has 0 unspecified atom stereocenters. The molecule has 0 spiro atoms. The van der Waals surface area contributed by atoms with Crippen LogP contribution in [0.15, 0.2) is 12.4 Å². The standard InChI is InChI=1S/C15H27N3O2/c1-14(2,3)18-10-12-9-17-13(11-16-12)19-7-8-20-15(4,5)6/h9,11,18H,7-8,10H2,1-6H3. The molecule has 0 aliphatic rings. The maximum atomic E-state index is 5.57. The van der Waals surface area contributed by atoms with Gasteiger partial charge in [-0.1, -0.05) is 0 Å². The zero-order chi connectivity index (χ0) is 15.2. The lowest BCUT2D eigenvalue weighted by atomic mass is 10.1. The van der Waals surface area contributed by atoms with Crippen molar-refractivity contribution in [1.82, 2.24) is 15.3 Å². The molecule has 1 heterocycles. The molecule has 20 heavy (non-hydrogen) atoms. The molecule has 0 radical (unpaired) electrons. The summed E-state index contributed by atoms with van der Waals surface area (Å²) in [5, 5.41) is 3.36. The lowest BCUT2D eigenvalue weighted by molar-refractivity contribution is -0.0168. The van der Waals surface area contributed by atoms with Gasteiger partial charge in [0.1, 0.15) is 6.61 Å². The van der Waals surface area contributed by atoms with E-state index in [-0.39, 0.29) is 11.1 Å². The molecule has 1 N–H and O–H groups in total. The molecular weight excluding hydrogens is 254 g/mol. The Morgan fingerprint density at radius 3 is 2.20 bits per heavy atom. The molecule has 0 saturated carbocycles. The van der Waals surface area contributed by atoms with E-state index in [9.17, 15) is 0 Å². The third-order valence-corrected chi connectivity index (χ3v) is 2.35. The fourth-order valence-electron chi connectivity index (χ4n) is 1.36. The Bertz CT molecular complexity index is 391. The van der Waals surface area contributed by atoms with Gasteiger partial charge >= 0.3 is 0 Å². The summed E-state index contributed by atoms with van der Waals surface area (Å²) in [4.78, 5) is 8.55. The Labute approximate surface area is 122 Å². The van der Waals surface area contributed by atoms with Gasteiger partial charge in [0.25, 0.3) is 0 Å². The van der Waals surface area contributed by atoms with Gasteiger partial charge in [-0.3, -0.25) is 4.98 Å². The molecule has 0 fully saturated rings. The predicted octanol–water partition coefficient (Wildman–Crippen LogP) is 2.56. The van der Waals surface area contributed by atoms with Gasteiger partial charge in [-0.15, -0.1) is 0 Å². The van der Waals surface area contributed by atoms with Gasteiger partial charge in [0.2, 0.25) is 5.88 Å². The van der Waals surface area contributed by atoms with Crippen LogP contribution < -0.4 is 10.1 Å². The molecule has 5 nitrogen and oxygen atoms in total. The molecule has 0 bridgehead atoms. The zero-order valence-corrected chi connectivity index (χ0v) is 13.5. The summed E-state index contributed by atoms with van der Waals surface area (Å²) in [6.45, 7) is 14.1. The predicted molar refractivity (Wildman–Crippen MR) is 79.8 cm³/mol. The molecule has 0 aromatic carbocycles. The first-order chi connectivity index (χ1) is 9.16. The highest BCUT2D eigenvalue weighted by atomic mass is 16.5. The Kier molecular flexibility index (Phi) is 5.89. The first kappa shape index (κ1) is 16.9. The lowest BCUT2D eigenvalue weighted by Gasteiger charge is -2.20. The van der Waals surface area contributed by atoms with E-state index < -0.39 is 0 Å². The molecular formula is C15H27N3O2. The number of hydrogen-bond acceptors (Lipinski definition) is 5. The Hall–Kier alpha value is -1.20. The van der Waals surface area contributed by atoms with Crippen LogP contribution in [0.2, 0.25) is 0 Å². The average Bonchev–Trinajstić information content (AvgIpc) is 2.31. The van der Waals surface area contributed by atoms with E-state index in [2.05, 4.69) is 36.1 Å². The van der Waals surface area contributed by atoms with E-state index in [0.29, 0.717) is 25.6 Å². The minimum atomic E-state index is -0.141. The normalized spacial score (nSPS) is 12.5. The highest BCUT2D eigenvalue weighted by molar-refractivity contribution is 5.07. The topological polar surface area (TPSA) is 56.3 Å². The lowest BCUT2D eigenvalue weighted by Crippen LogP contribution is -2.35. The molecule has 0 aliphatic heterocycles. The maximum absolute atomic E-state index is 5.57. The van der Waals surface area contributed by atoms with E-state index in [4.69, 9.17) is 9.47 Å². The van der Waals surface area contributed by atoms with Crippen LogP contribution in [0.4, 0.5) is 0 Å². The van der Waals surface area contributed by atoms with Crippen molar-refractivity contribution in [2.75, 3.05) is 13.2 Å². The molecule has 5 heteroatoms. The summed E-state index contributed by atoms with van der Waals surface area (Å²) >= 11 is 0. The highest BCUT2D eigenvalue weighted by Gasteiger charge is 2.10. The minimum absolute atomic E-state index is 0.0706. The number of hydrogen-bond donors (Lipinski definition) is 1. The Balaban J connectivity index is 2.32. The summed E-state index contributed by atoms with van der Waals surface area (Å²) in [6.07, 6.45) is 3.38. The van der Waals surface area contributed by atoms with Gasteiger partial charge in [-0.05, 0) is 41.5 Å².